The second-order valence-electron chi connectivity index (χ2n) is 4.51. The molecule has 0 aliphatic rings. The molecule has 0 unspecified atom stereocenters. The van der Waals surface area contributed by atoms with Crippen LogP contribution in [0.25, 0.3) is 0 Å². The summed E-state index contributed by atoms with van der Waals surface area (Å²) in [5, 5.41) is 6.47. The van der Waals surface area contributed by atoms with Crippen molar-refractivity contribution in [1.82, 2.24) is 10.1 Å². The largest absolute Gasteiger partial charge is 0.359 e. The van der Waals surface area contributed by atoms with Crippen molar-refractivity contribution in [3.63, 3.8) is 0 Å². The second-order valence-corrected chi connectivity index (χ2v) is 6.98. The molecular weight excluding hydrogens is 358 g/mol. The molecule has 2 rings (SSSR count). The highest BCUT2D eigenvalue weighted by atomic mass is 79.9. The number of aryl methyl sites for hydroxylation is 2. The number of halogens is 1. The molecule has 0 aliphatic carbocycles. The van der Waals surface area contributed by atoms with Crippen LogP contribution in [-0.4, -0.2) is 35.5 Å². The average molecular weight is 372 g/mol. The number of likely N-dealkylation sites (N-methyl/N-ethyl adjacent to an activating group) is 1. The lowest BCUT2D eigenvalue weighted by molar-refractivity contribution is -0.116. The minimum atomic E-state index is -0.295. The topological polar surface area (TPSA) is 75.4 Å². The van der Waals surface area contributed by atoms with E-state index < -0.39 is 0 Å². The molecule has 0 fully saturated rings. The molecule has 0 saturated carbocycles. The predicted molar refractivity (Wildman–Crippen MR) is 83.6 cm³/mol. The summed E-state index contributed by atoms with van der Waals surface area (Å²) in [6.07, 6.45) is 0. The Bertz CT molecular complexity index is 661. The molecule has 0 saturated heterocycles. The van der Waals surface area contributed by atoms with Crippen molar-refractivity contribution in [3.05, 3.63) is 32.3 Å². The van der Waals surface area contributed by atoms with Gasteiger partial charge in [0.15, 0.2) is 5.76 Å². The van der Waals surface area contributed by atoms with Crippen molar-refractivity contribution in [3.8, 4) is 0 Å². The number of hydrogen-bond donors (Lipinski definition) is 1. The maximum atomic E-state index is 12.1. The summed E-state index contributed by atoms with van der Waals surface area (Å²) < 4.78 is 5.85. The van der Waals surface area contributed by atoms with Crippen LogP contribution in [0.1, 0.15) is 21.1 Å². The van der Waals surface area contributed by atoms with Gasteiger partial charge < -0.3 is 14.7 Å². The summed E-state index contributed by atoms with van der Waals surface area (Å²) in [6.45, 7) is 3.41. The molecule has 0 aliphatic heterocycles. The Kier molecular flexibility index (Phi) is 4.79. The van der Waals surface area contributed by atoms with Crippen LogP contribution in [0.2, 0.25) is 0 Å². The monoisotopic (exact) mass is 371 g/mol. The van der Waals surface area contributed by atoms with E-state index in [9.17, 15) is 9.59 Å². The minimum Gasteiger partial charge on any atom is -0.359 e. The Morgan fingerprint density at radius 3 is 2.67 bits per heavy atom. The molecule has 8 heteroatoms. The number of nitrogens with one attached hydrogen (secondary N) is 1. The van der Waals surface area contributed by atoms with Crippen LogP contribution in [0.4, 0.5) is 5.69 Å². The van der Waals surface area contributed by atoms with Crippen LogP contribution in [-0.2, 0) is 4.79 Å². The second kappa shape index (κ2) is 6.40. The van der Waals surface area contributed by atoms with Crippen molar-refractivity contribution < 1.29 is 14.1 Å². The number of aromatic nitrogens is 1. The number of thiophene rings is 1. The lowest BCUT2D eigenvalue weighted by atomic mass is 10.3. The number of nitrogens with zero attached hydrogens (tertiary/aromatic N) is 2. The van der Waals surface area contributed by atoms with Crippen LogP contribution < -0.4 is 5.32 Å². The van der Waals surface area contributed by atoms with E-state index >= 15 is 0 Å². The zero-order valence-electron chi connectivity index (χ0n) is 11.8. The fourth-order valence-corrected chi connectivity index (χ4v) is 3.13. The quantitative estimate of drug-likeness (QED) is 0.896. The molecule has 2 heterocycles. The molecule has 0 aromatic carbocycles. The Hall–Kier alpha value is -1.67. The number of rotatable bonds is 4. The molecule has 0 atom stereocenters. The highest BCUT2D eigenvalue weighted by Gasteiger charge is 2.18. The van der Waals surface area contributed by atoms with Crippen molar-refractivity contribution in [2.75, 3.05) is 18.9 Å². The first-order chi connectivity index (χ1) is 9.88. The minimum absolute atomic E-state index is 0.0432. The van der Waals surface area contributed by atoms with E-state index in [0.717, 1.165) is 3.79 Å². The van der Waals surface area contributed by atoms with Gasteiger partial charge in [0, 0.05) is 7.05 Å². The van der Waals surface area contributed by atoms with E-state index in [1.165, 1.54) is 16.2 Å². The van der Waals surface area contributed by atoms with Gasteiger partial charge >= 0.3 is 0 Å². The Balaban J connectivity index is 1.98. The maximum absolute atomic E-state index is 12.1. The van der Waals surface area contributed by atoms with Crippen molar-refractivity contribution in [1.29, 1.82) is 0 Å². The lowest BCUT2D eigenvalue weighted by Gasteiger charge is -2.15. The molecular formula is C13H14BrN3O3S. The molecule has 6 nitrogen and oxygen atoms in total. The Morgan fingerprint density at radius 2 is 2.14 bits per heavy atom. The van der Waals surface area contributed by atoms with Gasteiger partial charge in [-0.3, -0.25) is 9.59 Å². The zero-order chi connectivity index (χ0) is 15.6. The van der Waals surface area contributed by atoms with E-state index in [2.05, 4.69) is 26.4 Å². The molecule has 2 aromatic heterocycles. The summed E-state index contributed by atoms with van der Waals surface area (Å²) >= 11 is 4.64. The fourth-order valence-electron chi connectivity index (χ4n) is 1.74. The third-order valence-corrected chi connectivity index (χ3v) is 4.42. The van der Waals surface area contributed by atoms with E-state index in [4.69, 9.17) is 4.52 Å². The van der Waals surface area contributed by atoms with Crippen molar-refractivity contribution in [2.24, 2.45) is 0 Å². The van der Waals surface area contributed by atoms with Crippen LogP contribution in [0.3, 0.4) is 0 Å². The first kappa shape index (κ1) is 15.7. The van der Waals surface area contributed by atoms with Crippen molar-refractivity contribution >= 4 is 44.8 Å². The SMILES string of the molecule is Cc1noc(C)c1NC(=O)CN(C)C(=O)c1ccc(Br)s1. The summed E-state index contributed by atoms with van der Waals surface area (Å²) in [4.78, 5) is 26.1. The number of amides is 2. The molecule has 21 heavy (non-hydrogen) atoms. The van der Waals surface area contributed by atoms with Crippen LogP contribution in [0, 0.1) is 13.8 Å². The molecule has 112 valence electrons. The standard InChI is InChI=1S/C13H14BrN3O3S/c1-7-12(8(2)20-16-7)15-11(18)6-17(3)13(19)9-4-5-10(14)21-9/h4-5H,6H2,1-3H3,(H,15,18). The predicted octanol–water partition coefficient (Wildman–Crippen LogP) is 2.83. The van der Waals surface area contributed by atoms with Gasteiger partial charge in [0.1, 0.15) is 11.4 Å². The van der Waals surface area contributed by atoms with Crippen LogP contribution in [0.15, 0.2) is 20.4 Å². The summed E-state index contributed by atoms with van der Waals surface area (Å²) in [5.41, 5.74) is 1.16. The Labute approximate surface area is 134 Å². The highest BCUT2D eigenvalue weighted by Crippen LogP contribution is 2.23. The van der Waals surface area contributed by atoms with Gasteiger partial charge in [-0.15, -0.1) is 11.3 Å². The van der Waals surface area contributed by atoms with E-state index in [1.807, 2.05) is 0 Å². The molecule has 0 radical (unpaired) electrons. The van der Waals surface area contributed by atoms with Crippen LogP contribution >= 0.6 is 27.3 Å². The van der Waals surface area contributed by atoms with Gasteiger partial charge in [-0.05, 0) is 41.9 Å². The van der Waals surface area contributed by atoms with E-state index in [1.54, 1.807) is 33.0 Å². The normalized spacial score (nSPS) is 10.5. The summed E-state index contributed by atoms with van der Waals surface area (Å²) in [5.74, 6) is 0.0486. The third kappa shape index (κ3) is 3.70. The number of carbonyl (C=O) groups excluding carboxylic acids is 2. The number of hydrogen-bond acceptors (Lipinski definition) is 5. The molecule has 1 N–H and O–H groups in total. The average Bonchev–Trinajstić information content (AvgIpc) is 2.98. The fraction of sp³-hybridized carbons (Fsp3) is 0.308. The maximum Gasteiger partial charge on any atom is 0.264 e. The lowest BCUT2D eigenvalue weighted by Crippen LogP contribution is -2.34. The highest BCUT2D eigenvalue weighted by molar-refractivity contribution is 9.11. The van der Waals surface area contributed by atoms with E-state index in [-0.39, 0.29) is 18.4 Å². The van der Waals surface area contributed by atoms with Gasteiger partial charge in [-0.1, -0.05) is 5.16 Å². The Morgan fingerprint density at radius 1 is 1.43 bits per heavy atom. The first-order valence-corrected chi connectivity index (χ1v) is 7.73. The summed E-state index contributed by atoms with van der Waals surface area (Å²) in [6, 6.07) is 3.52. The molecule has 2 amide bonds. The van der Waals surface area contributed by atoms with Crippen molar-refractivity contribution in [2.45, 2.75) is 13.8 Å². The third-order valence-electron chi connectivity index (χ3n) is 2.81. The summed E-state index contributed by atoms with van der Waals surface area (Å²) in [7, 11) is 1.59. The van der Waals surface area contributed by atoms with Gasteiger partial charge in [0.05, 0.1) is 15.2 Å². The number of anilines is 1. The molecule has 0 spiro atoms. The van der Waals surface area contributed by atoms with Gasteiger partial charge in [0.25, 0.3) is 5.91 Å². The van der Waals surface area contributed by atoms with Gasteiger partial charge in [0.2, 0.25) is 5.91 Å². The zero-order valence-corrected chi connectivity index (χ0v) is 14.2. The van der Waals surface area contributed by atoms with Gasteiger partial charge in [-0.25, -0.2) is 0 Å². The first-order valence-electron chi connectivity index (χ1n) is 6.12. The van der Waals surface area contributed by atoms with Crippen LogP contribution in [0.5, 0.6) is 0 Å². The molecule has 2 aromatic rings. The number of carbonyl (C=O) groups is 2. The molecule has 0 bridgehead atoms. The smallest absolute Gasteiger partial charge is 0.264 e. The van der Waals surface area contributed by atoms with E-state index in [0.29, 0.717) is 22.0 Å². The van der Waals surface area contributed by atoms with Gasteiger partial charge in [-0.2, -0.15) is 0 Å².